The molecule has 1 aromatic carbocycles. The summed E-state index contributed by atoms with van der Waals surface area (Å²) in [6.45, 7) is 3.09. The van der Waals surface area contributed by atoms with Crippen LogP contribution in [0.1, 0.15) is 28.9 Å². The molecular formula is C17H20N4O2S. The zero-order chi connectivity index (χ0) is 16.9. The van der Waals surface area contributed by atoms with Crippen molar-refractivity contribution in [3.8, 4) is 0 Å². The van der Waals surface area contributed by atoms with Gasteiger partial charge in [-0.25, -0.2) is 4.79 Å². The maximum atomic E-state index is 12.2. The summed E-state index contributed by atoms with van der Waals surface area (Å²) in [5.41, 5.74) is 2.19. The molecule has 1 aliphatic rings. The third kappa shape index (κ3) is 3.91. The van der Waals surface area contributed by atoms with Gasteiger partial charge in [-0.15, -0.1) is 0 Å². The fraction of sp³-hybridized carbons (Fsp3) is 0.353. The van der Waals surface area contributed by atoms with Gasteiger partial charge in [0.1, 0.15) is 0 Å². The lowest BCUT2D eigenvalue weighted by Crippen LogP contribution is -2.47. The molecule has 6 nitrogen and oxygen atoms in total. The molecule has 1 aliphatic heterocycles. The van der Waals surface area contributed by atoms with Crippen molar-refractivity contribution in [1.82, 2.24) is 14.6 Å². The summed E-state index contributed by atoms with van der Waals surface area (Å²) < 4.78 is 4.13. The van der Waals surface area contributed by atoms with E-state index in [2.05, 4.69) is 15.0 Å². The summed E-state index contributed by atoms with van der Waals surface area (Å²) in [4.78, 5) is 26.2. The van der Waals surface area contributed by atoms with Gasteiger partial charge in [-0.2, -0.15) is 4.37 Å². The molecule has 7 heteroatoms. The van der Waals surface area contributed by atoms with Gasteiger partial charge >= 0.3 is 6.03 Å². The number of carbonyl (C=O) groups is 2. The van der Waals surface area contributed by atoms with Crippen molar-refractivity contribution in [1.29, 1.82) is 0 Å². The van der Waals surface area contributed by atoms with Gasteiger partial charge < -0.3 is 15.5 Å². The number of nitrogens with zero attached hydrogens (tertiary/aromatic N) is 2. The molecule has 3 amide bonds. The molecule has 0 atom stereocenters. The Morgan fingerprint density at radius 3 is 2.54 bits per heavy atom. The molecule has 0 spiro atoms. The van der Waals surface area contributed by atoms with E-state index in [0.717, 1.165) is 24.2 Å². The van der Waals surface area contributed by atoms with Crippen LogP contribution < -0.4 is 10.6 Å². The smallest absolute Gasteiger partial charge is 0.321 e. The van der Waals surface area contributed by atoms with Crippen molar-refractivity contribution < 1.29 is 9.59 Å². The number of likely N-dealkylation sites (tertiary alicyclic amines) is 1. The number of carbonyl (C=O) groups excluding carboxylic acids is 2. The number of hydrogen-bond donors (Lipinski definition) is 2. The second-order valence-corrected chi connectivity index (χ2v) is 6.47. The lowest BCUT2D eigenvalue weighted by atomic mass is 10.0. The van der Waals surface area contributed by atoms with Crippen LogP contribution in [0, 0.1) is 6.92 Å². The van der Waals surface area contributed by atoms with Gasteiger partial charge in [-0.1, -0.05) is 18.2 Å². The number of aryl methyl sites for hydroxylation is 1. The first-order chi connectivity index (χ1) is 11.6. The highest BCUT2D eigenvalue weighted by Crippen LogP contribution is 2.15. The molecule has 2 N–H and O–H groups in total. The standard InChI is InChI=1S/C17H20N4O2S/c1-12-15(11-24-20-12)16(22)18-14-7-9-21(10-8-14)17(23)19-13-5-3-2-4-6-13/h2-6,11,14H,7-10H2,1H3,(H,18,22)(H,19,23). The van der Waals surface area contributed by atoms with Crippen LogP contribution in [-0.4, -0.2) is 40.3 Å². The first-order valence-corrected chi connectivity index (χ1v) is 8.80. The molecule has 3 rings (SSSR count). The van der Waals surface area contributed by atoms with E-state index in [4.69, 9.17) is 0 Å². The molecule has 2 aromatic rings. The maximum Gasteiger partial charge on any atom is 0.321 e. The van der Waals surface area contributed by atoms with E-state index >= 15 is 0 Å². The minimum Gasteiger partial charge on any atom is -0.349 e. The Morgan fingerprint density at radius 2 is 1.92 bits per heavy atom. The summed E-state index contributed by atoms with van der Waals surface area (Å²) in [7, 11) is 0. The summed E-state index contributed by atoms with van der Waals surface area (Å²) in [6, 6.07) is 9.41. The van der Waals surface area contributed by atoms with E-state index in [0.29, 0.717) is 18.7 Å². The summed E-state index contributed by atoms with van der Waals surface area (Å²) in [6.07, 6.45) is 1.51. The Balaban J connectivity index is 1.48. The number of para-hydroxylation sites is 1. The fourth-order valence-corrected chi connectivity index (χ4v) is 3.42. The molecule has 1 saturated heterocycles. The third-order valence-corrected chi connectivity index (χ3v) is 4.86. The minimum absolute atomic E-state index is 0.0755. The van der Waals surface area contributed by atoms with E-state index in [1.807, 2.05) is 37.3 Å². The Labute approximate surface area is 145 Å². The van der Waals surface area contributed by atoms with E-state index in [-0.39, 0.29) is 18.0 Å². The van der Waals surface area contributed by atoms with Gasteiger partial charge in [0.05, 0.1) is 11.3 Å². The number of benzene rings is 1. The first-order valence-electron chi connectivity index (χ1n) is 7.96. The van der Waals surface area contributed by atoms with Crippen molar-refractivity contribution in [2.24, 2.45) is 0 Å². The van der Waals surface area contributed by atoms with Crippen molar-refractivity contribution >= 4 is 29.2 Å². The van der Waals surface area contributed by atoms with Crippen LogP contribution in [0.15, 0.2) is 35.7 Å². The lowest BCUT2D eigenvalue weighted by Gasteiger charge is -2.32. The first kappa shape index (κ1) is 16.4. The second-order valence-electron chi connectivity index (χ2n) is 5.84. The summed E-state index contributed by atoms with van der Waals surface area (Å²) in [5, 5.41) is 7.70. The molecule has 1 fully saturated rings. The van der Waals surface area contributed by atoms with Crippen molar-refractivity contribution in [3.63, 3.8) is 0 Å². The molecule has 0 saturated carbocycles. The third-order valence-electron chi connectivity index (χ3n) is 4.14. The zero-order valence-corrected chi connectivity index (χ0v) is 14.3. The quantitative estimate of drug-likeness (QED) is 0.899. The van der Waals surface area contributed by atoms with Crippen LogP contribution in [0.5, 0.6) is 0 Å². The van der Waals surface area contributed by atoms with Gasteiger partial charge in [0.2, 0.25) is 0 Å². The lowest BCUT2D eigenvalue weighted by molar-refractivity contribution is 0.0919. The van der Waals surface area contributed by atoms with E-state index in [1.54, 1.807) is 10.3 Å². The highest BCUT2D eigenvalue weighted by atomic mass is 32.1. The van der Waals surface area contributed by atoms with E-state index in [9.17, 15) is 9.59 Å². The molecule has 24 heavy (non-hydrogen) atoms. The molecule has 1 aromatic heterocycles. The minimum atomic E-state index is -0.0937. The van der Waals surface area contributed by atoms with Crippen LogP contribution >= 0.6 is 11.5 Å². The largest absolute Gasteiger partial charge is 0.349 e. The number of hydrogen-bond acceptors (Lipinski definition) is 4. The van der Waals surface area contributed by atoms with Crippen LogP contribution in [-0.2, 0) is 0 Å². The second kappa shape index (κ2) is 7.44. The van der Waals surface area contributed by atoms with Crippen LogP contribution in [0.3, 0.4) is 0 Å². The number of urea groups is 1. The normalized spacial score (nSPS) is 15.1. The SMILES string of the molecule is Cc1nscc1C(=O)NC1CCN(C(=O)Nc2ccccc2)CC1. The highest BCUT2D eigenvalue weighted by Gasteiger charge is 2.24. The van der Waals surface area contributed by atoms with Crippen molar-refractivity contribution in [2.75, 3.05) is 18.4 Å². The van der Waals surface area contributed by atoms with Gasteiger partial charge in [0.15, 0.2) is 0 Å². The fourth-order valence-electron chi connectivity index (χ4n) is 2.72. The molecule has 0 aliphatic carbocycles. The Hall–Kier alpha value is -2.41. The maximum absolute atomic E-state index is 12.2. The molecular weight excluding hydrogens is 324 g/mol. The zero-order valence-electron chi connectivity index (χ0n) is 13.5. The topological polar surface area (TPSA) is 74.3 Å². The number of nitrogens with one attached hydrogen (secondary N) is 2. The molecule has 0 unspecified atom stereocenters. The van der Waals surface area contributed by atoms with Crippen molar-refractivity contribution in [3.05, 3.63) is 47.0 Å². The number of piperidine rings is 1. The van der Waals surface area contributed by atoms with Crippen LogP contribution in [0.2, 0.25) is 0 Å². The molecule has 126 valence electrons. The highest BCUT2D eigenvalue weighted by molar-refractivity contribution is 7.03. The average Bonchev–Trinajstić information content (AvgIpc) is 3.02. The van der Waals surface area contributed by atoms with E-state index < -0.39 is 0 Å². The molecule has 0 radical (unpaired) electrons. The predicted octanol–water partition coefficient (Wildman–Crippen LogP) is 2.88. The number of anilines is 1. The Kier molecular flexibility index (Phi) is 5.10. The molecule has 0 bridgehead atoms. The van der Waals surface area contributed by atoms with Gasteiger partial charge in [0.25, 0.3) is 5.91 Å². The predicted molar refractivity (Wildman–Crippen MR) is 94.4 cm³/mol. The van der Waals surface area contributed by atoms with Gasteiger partial charge in [-0.05, 0) is 43.4 Å². The van der Waals surface area contributed by atoms with Crippen LogP contribution in [0.25, 0.3) is 0 Å². The summed E-state index contributed by atoms with van der Waals surface area (Å²) >= 11 is 1.29. The Bertz CT molecular complexity index is 708. The molecule has 2 heterocycles. The van der Waals surface area contributed by atoms with Crippen molar-refractivity contribution in [2.45, 2.75) is 25.8 Å². The monoisotopic (exact) mass is 344 g/mol. The van der Waals surface area contributed by atoms with E-state index in [1.165, 1.54) is 11.5 Å². The van der Waals surface area contributed by atoms with Crippen LogP contribution in [0.4, 0.5) is 10.5 Å². The summed E-state index contributed by atoms with van der Waals surface area (Å²) in [5.74, 6) is -0.0755. The Morgan fingerprint density at radius 1 is 1.21 bits per heavy atom. The average molecular weight is 344 g/mol. The number of amides is 3. The number of rotatable bonds is 3. The van der Waals surface area contributed by atoms with Gasteiger partial charge in [0, 0.05) is 30.2 Å². The van der Waals surface area contributed by atoms with Gasteiger partial charge in [-0.3, -0.25) is 4.79 Å². The number of aromatic nitrogens is 1.